The van der Waals surface area contributed by atoms with Crippen LogP contribution in [-0.4, -0.2) is 49.6 Å². The summed E-state index contributed by atoms with van der Waals surface area (Å²) in [5, 5.41) is 5.84. The van der Waals surface area contributed by atoms with Crippen LogP contribution in [0.2, 0.25) is 0 Å². The zero-order valence-electron chi connectivity index (χ0n) is 12.0. The van der Waals surface area contributed by atoms with Gasteiger partial charge in [-0.2, -0.15) is 0 Å². The summed E-state index contributed by atoms with van der Waals surface area (Å²) < 4.78 is 0. The maximum atomic E-state index is 11.5. The number of nitrogens with zero attached hydrogens (tertiary/aromatic N) is 1. The van der Waals surface area contributed by atoms with Crippen molar-refractivity contribution in [3.05, 3.63) is 0 Å². The minimum Gasteiger partial charge on any atom is -0.353 e. The first-order valence-electron chi connectivity index (χ1n) is 6.79. The Kier molecular flexibility index (Phi) is 10.4. The average molecular weight is 253 g/mol. The molecule has 0 aromatic rings. The molecule has 0 aliphatic heterocycles. The quantitative estimate of drug-likeness (QED) is 0.448. The maximum Gasteiger partial charge on any atom is 0.234 e. The van der Waals surface area contributed by atoms with Gasteiger partial charge in [-0.1, -0.05) is 19.8 Å². The van der Waals surface area contributed by atoms with Gasteiger partial charge in [0.05, 0.1) is 13.1 Å². The van der Waals surface area contributed by atoms with Crippen LogP contribution < -0.4 is 10.6 Å². The van der Waals surface area contributed by atoms with Crippen molar-refractivity contribution in [1.29, 1.82) is 0 Å². The topological polar surface area (TPSA) is 44.4 Å². The largest absolute Gasteiger partial charge is 0.353 e. The number of hydrogen-bond donors (Lipinski definition) is 2. The van der Waals surface area contributed by atoms with Crippen LogP contribution in [0, 0.1) is 12.3 Å². The monoisotopic (exact) mass is 253 g/mol. The molecule has 0 heterocycles. The smallest absolute Gasteiger partial charge is 0.234 e. The molecule has 4 heteroatoms. The predicted molar refractivity (Wildman–Crippen MR) is 76.3 cm³/mol. The lowest BCUT2D eigenvalue weighted by Crippen LogP contribution is -2.39. The molecule has 0 fully saturated rings. The lowest BCUT2D eigenvalue weighted by Gasteiger charge is -2.19. The van der Waals surface area contributed by atoms with Crippen LogP contribution >= 0.6 is 0 Å². The summed E-state index contributed by atoms with van der Waals surface area (Å²) in [5.41, 5.74) is 0. The number of rotatable bonds is 10. The van der Waals surface area contributed by atoms with Gasteiger partial charge >= 0.3 is 0 Å². The van der Waals surface area contributed by atoms with Gasteiger partial charge in [-0.3, -0.25) is 10.1 Å². The van der Waals surface area contributed by atoms with Crippen molar-refractivity contribution < 1.29 is 4.79 Å². The Morgan fingerprint density at radius 1 is 1.39 bits per heavy atom. The molecule has 104 valence electrons. The van der Waals surface area contributed by atoms with E-state index in [1.54, 1.807) is 0 Å². The van der Waals surface area contributed by atoms with Crippen molar-refractivity contribution in [3.63, 3.8) is 0 Å². The van der Waals surface area contributed by atoms with Gasteiger partial charge in [-0.05, 0) is 39.4 Å². The first-order chi connectivity index (χ1) is 8.63. The Bertz CT molecular complexity index is 256. The molecule has 0 aromatic carbocycles. The molecule has 4 nitrogen and oxygen atoms in total. The highest BCUT2D eigenvalue weighted by Gasteiger charge is 2.07. The van der Waals surface area contributed by atoms with Gasteiger partial charge in [-0.25, -0.2) is 0 Å². The summed E-state index contributed by atoms with van der Waals surface area (Å²) in [5.74, 6) is 2.45. The molecule has 2 N–H and O–H groups in total. The molecule has 0 bridgehead atoms. The zero-order valence-corrected chi connectivity index (χ0v) is 12.0. The van der Waals surface area contributed by atoms with Crippen LogP contribution in [0.25, 0.3) is 0 Å². The Morgan fingerprint density at radius 3 is 2.61 bits per heavy atom. The summed E-state index contributed by atoms with van der Waals surface area (Å²) in [4.78, 5) is 13.9. The molecule has 0 spiro atoms. The van der Waals surface area contributed by atoms with E-state index < -0.39 is 0 Å². The van der Waals surface area contributed by atoms with E-state index in [0.29, 0.717) is 13.1 Å². The van der Waals surface area contributed by atoms with Crippen molar-refractivity contribution in [3.8, 4) is 12.3 Å². The van der Waals surface area contributed by atoms with Gasteiger partial charge < -0.3 is 10.2 Å². The minimum atomic E-state index is 0.0144. The van der Waals surface area contributed by atoms with E-state index in [-0.39, 0.29) is 11.9 Å². The van der Waals surface area contributed by atoms with Crippen molar-refractivity contribution in [2.45, 2.75) is 39.7 Å². The number of terminal acetylenes is 1. The van der Waals surface area contributed by atoms with Crippen LogP contribution in [0.15, 0.2) is 0 Å². The van der Waals surface area contributed by atoms with Crippen LogP contribution in [0.3, 0.4) is 0 Å². The fourth-order valence-corrected chi connectivity index (χ4v) is 1.81. The van der Waals surface area contributed by atoms with E-state index in [0.717, 1.165) is 32.5 Å². The Morgan fingerprint density at radius 2 is 2.06 bits per heavy atom. The second-order valence-corrected chi connectivity index (χ2v) is 4.45. The lowest BCUT2D eigenvalue weighted by atomic mass is 10.1. The third-order valence-electron chi connectivity index (χ3n) is 2.93. The van der Waals surface area contributed by atoms with Gasteiger partial charge in [-0.15, -0.1) is 6.42 Å². The standard InChI is InChI=1S/C14H27N3O/c1-5-10-15-12-14(18)16-13(4)9-8-11-17(6-2)7-3/h1,13,15H,6-12H2,2-4H3,(H,16,18). The lowest BCUT2D eigenvalue weighted by molar-refractivity contribution is -0.120. The summed E-state index contributed by atoms with van der Waals surface area (Å²) in [7, 11) is 0. The summed E-state index contributed by atoms with van der Waals surface area (Å²) in [6, 6.07) is 0.223. The minimum absolute atomic E-state index is 0.0144. The van der Waals surface area contributed by atoms with E-state index >= 15 is 0 Å². The molecule has 1 atom stereocenters. The molecule has 1 amide bonds. The van der Waals surface area contributed by atoms with Gasteiger partial charge in [0.25, 0.3) is 0 Å². The third kappa shape index (κ3) is 9.03. The third-order valence-corrected chi connectivity index (χ3v) is 2.93. The number of nitrogens with one attached hydrogen (secondary N) is 2. The summed E-state index contributed by atoms with van der Waals surface area (Å²) in [6.07, 6.45) is 7.21. The second-order valence-electron chi connectivity index (χ2n) is 4.45. The maximum absolute atomic E-state index is 11.5. The second kappa shape index (κ2) is 11.1. The average Bonchev–Trinajstić information content (AvgIpc) is 2.35. The van der Waals surface area contributed by atoms with Gasteiger partial charge in [0.15, 0.2) is 0 Å². The molecule has 1 unspecified atom stereocenters. The molecule has 0 radical (unpaired) electrons. The molecular weight excluding hydrogens is 226 g/mol. The molecule has 0 aliphatic rings. The van der Waals surface area contributed by atoms with E-state index in [9.17, 15) is 4.79 Å². The Balaban J connectivity index is 3.61. The van der Waals surface area contributed by atoms with Crippen LogP contribution in [0.1, 0.15) is 33.6 Å². The molecule has 0 saturated carbocycles. The SMILES string of the molecule is C#CCNCC(=O)NC(C)CCCN(CC)CC. The highest BCUT2D eigenvalue weighted by Crippen LogP contribution is 1.99. The van der Waals surface area contributed by atoms with E-state index in [1.807, 2.05) is 6.92 Å². The summed E-state index contributed by atoms with van der Waals surface area (Å²) >= 11 is 0. The number of amides is 1. The van der Waals surface area contributed by atoms with E-state index in [4.69, 9.17) is 6.42 Å². The molecule has 0 aromatic heterocycles. The van der Waals surface area contributed by atoms with Crippen LogP contribution in [0.5, 0.6) is 0 Å². The first kappa shape index (κ1) is 16.9. The first-order valence-corrected chi connectivity index (χ1v) is 6.79. The van der Waals surface area contributed by atoms with Crippen molar-refractivity contribution in [2.24, 2.45) is 0 Å². The fourth-order valence-electron chi connectivity index (χ4n) is 1.81. The molecular formula is C14H27N3O. The molecule has 0 rings (SSSR count). The Labute approximate surface area is 112 Å². The number of carbonyl (C=O) groups is 1. The normalized spacial score (nSPS) is 12.2. The number of carbonyl (C=O) groups excluding carboxylic acids is 1. The number of hydrogen-bond acceptors (Lipinski definition) is 3. The predicted octanol–water partition coefficient (Wildman–Crippen LogP) is 0.836. The van der Waals surface area contributed by atoms with Gasteiger partial charge in [0, 0.05) is 6.04 Å². The van der Waals surface area contributed by atoms with Crippen LogP contribution in [0.4, 0.5) is 0 Å². The Hall–Kier alpha value is -1.05. The van der Waals surface area contributed by atoms with Crippen molar-refractivity contribution in [1.82, 2.24) is 15.5 Å². The van der Waals surface area contributed by atoms with Crippen molar-refractivity contribution >= 4 is 5.91 Å². The molecule has 0 aliphatic carbocycles. The van der Waals surface area contributed by atoms with E-state index in [1.165, 1.54) is 0 Å². The highest BCUT2D eigenvalue weighted by molar-refractivity contribution is 5.78. The summed E-state index contributed by atoms with van der Waals surface area (Å²) in [6.45, 7) is 10.4. The molecule has 0 saturated heterocycles. The van der Waals surface area contributed by atoms with Gasteiger partial charge in [0.1, 0.15) is 0 Å². The van der Waals surface area contributed by atoms with Crippen LogP contribution in [-0.2, 0) is 4.79 Å². The zero-order chi connectivity index (χ0) is 13.8. The van der Waals surface area contributed by atoms with E-state index in [2.05, 4.69) is 35.3 Å². The molecule has 18 heavy (non-hydrogen) atoms. The van der Waals surface area contributed by atoms with Gasteiger partial charge in [0.2, 0.25) is 5.91 Å². The fraction of sp³-hybridized carbons (Fsp3) is 0.786. The highest BCUT2D eigenvalue weighted by atomic mass is 16.1. The van der Waals surface area contributed by atoms with Crippen molar-refractivity contribution in [2.75, 3.05) is 32.7 Å².